The predicted molar refractivity (Wildman–Crippen MR) is 107 cm³/mol. The molecule has 1 amide bonds. The molecule has 2 aliphatic heterocycles. The Morgan fingerprint density at radius 2 is 1.96 bits per heavy atom. The van der Waals surface area contributed by atoms with E-state index in [1.54, 1.807) is 7.11 Å². The lowest BCUT2D eigenvalue weighted by Crippen LogP contribution is -2.63. The minimum atomic E-state index is 0.0474. The third-order valence-electron chi connectivity index (χ3n) is 6.08. The number of nitrogens with zero attached hydrogens (tertiary/aromatic N) is 3. The van der Waals surface area contributed by atoms with Crippen LogP contribution >= 0.6 is 11.6 Å². The summed E-state index contributed by atoms with van der Waals surface area (Å²) < 4.78 is 5.59. The van der Waals surface area contributed by atoms with Crippen LogP contribution in [0.2, 0.25) is 5.02 Å². The van der Waals surface area contributed by atoms with E-state index in [0.717, 1.165) is 56.6 Å². The van der Waals surface area contributed by atoms with Gasteiger partial charge in [-0.05, 0) is 42.5 Å². The molecule has 0 atom stereocenters. The van der Waals surface area contributed by atoms with Gasteiger partial charge >= 0.3 is 0 Å². The maximum atomic E-state index is 11.6. The molecule has 1 aliphatic carbocycles. The van der Waals surface area contributed by atoms with Gasteiger partial charge in [0.15, 0.2) is 0 Å². The van der Waals surface area contributed by atoms with E-state index in [-0.39, 0.29) is 5.91 Å². The highest BCUT2D eigenvalue weighted by Gasteiger charge is 2.35. The molecule has 1 aromatic rings. The van der Waals surface area contributed by atoms with Crippen molar-refractivity contribution in [3.05, 3.63) is 40.9 Å². The van der Waals surface area contributed by atoms with Crippen LogP contribution in [0.4, 0.5) is 0 Å². The highest BCUT2D eigenvalue weighted by molar-refractivity contribution is 6.31. The van der Waals surface area contributed by atoms with E-state index in [4.69, 9.17) is 16.3 Å². The van der Waals surface area contributed by atoms with Gasteiger partial charge in [0, 0.05) is 62.4 Å². The number of methoxy groups -OCH3 is 1. The van der Waals surface area contributed by atoms with E-state index in [1.165, 1.54) is 30.0 Å². The van der Waals surface area contributed by atoms with Crippen molar-refractivity contribution in [3.8, 4) is 5.75 Å². The fraction of sp³-hybridized carbons (Fsp3) is 0.571. The van der Waals surface area contributed by atoms with Crippen molar-refractivity contribution in [3.63, 3.8) is 0 Å². The van der Waals surface area contributed by atoms with Gasteiger partial charge in [-0.2, -0.15) is 0 Å². The molecule has 1 saturated carbocycles. The zero-order valence-electron chi connectivity index (χ0n) is 16.0. The third kappa shape index (κ3) is 4.00. The first kappa shape index (κ1) is 18.8. The van der Waals surface area contributed by atoms with Crippen LogP contribution in [0.25, 0.3) is 0 Å². The molecule has 146 valence electrons. The Morgan fingerprint density at radius 3 is 2.56 bits per heavy atom. The van der Waals surface area contributed by atoms with E-state index in [0.29, 0.717) is 12.0 Å². The molecule has 1 aromatic carbocycles. The number of halogens is 1. The number of hydrogen-bond donors (Lipinski definition) is 0. The summed E-state index contributed by atoms with van der Waals surface area (Å²) in [7, 11) is 1.72. The minimum Gasteiger partial charge on any atom is -0.496 e. The summed E-state index contributed by atoms with van der Waals surface area (Å²) in [4.78, 5) is 18.5. The Labute approximate surface area is 166 Å². The van der Waals surface area contributed by atoms with Crippen molar-refractivity contribution < 1.29 is 9.53 Å². The number of amides is 1. The highest BCUT2D eigenvalue weighted by atomic mass is 35.5. The fourth-order valence-corrected chi connectivity index (χ4v) is 4.47. The summed E-state index contributed by atoms with van der Waals surface area (Å²) in [5.74, 6) is 1.58. The molecule has 0 spiro atoms. The van der Waals surface area contributed by atoms with Gasteiger partial charge in [-0.25, -0.2) is 0 Å². The van der Waals surface area contributed by atoms with Crippen LogP contribution in [-0.4, -0.2) is 73.0 Å². The first-order valence-corrected chi connectivity index (χ1v) is 10.2. The molecule has 0 N–H and O–H groups in total. The number of rotatable bonds is 6. The van der Waals surface area contributed by atoms with Crippen molar-refractivity contribution in [1.82, 2.24) is 14.7 Å². The van der Waals surface area contributed by atoms with Gasteiger partial charge in [0.1, 0.15) is 5.75 Å². The molecule has 3 aliphatic rings. The summed E-state index contributed by atoms with van der Waals surface area (Å²) in [6, 6.07) is 4.75. The van der Waals surface area contributed by atoms with Gasteiger partial charge in [-0.1, -0.05) is 18.2 Å². The summed E-state index contributed by atoms with van der Waals surface area (Å²) in [6.45, 7) is 10.3. The van der Waals surface area contributed by atoms with Crippen molar-refractivity contribution in [2.75, 3.05) is 46.4 Å². The largest absolute Gasteiger partial charge is 0.496 e. The van der Waals surface area contributed by atoms with Crippen molar-refractivity contribution in [2.24, 2.45) is 0 Å². The number of carbonyl (C=O) groups excluding carboxylic acids is 1. The van der Waals surface area contributed by atoms with Crippen LogP contribution in [0.3, 0.4) is 0 Å². The Kier molecular flexibility index (Phi) is 5.44. The van der Waals surface area contributed by atoms with Gasteiger partial charge < -0.3 is 9.64 Å². The second-order valence-corrected chi connectivity index (χ2v) is 8.28. The standard InChI is InChI=1S/C21H28ClN3O2/c1-3-21(26)25-13-17(14-25)24-8-6-23(7-9-24)12-16-10-18(15-4-5-15)19(22)11-20(16)27-2/h3,10-11,15,17H,1,4-9,12-14H2,2H3. The summed E-state index contributed by atoms with van der Waals surface area (Å²) in [5, 5.41) is 0.839. The smallest absolute Gasteiger partial charge is 0.246 e. The summed E-state index contributed by atoms with van der Waals surface area (Å²) in [5.41, 5.74) is 2.52. The van der Waals surface area contributed by atoms with Crippen LogP contribution in [0.1, 0.15) is 29.9 Å². The Balaban J connectivity index is 1.32. The lowest BCUT2D eigenvalue weighted by atomic mass is 10.0. The van der Waals surface area contributed by atoms with E-state index >= 15 is 0 Å². The summed E-state index contributed by atoms with van der Waals surface area (Å²) in [6.07, 6.45) is 3.90. The van der Waals surface area contributed by atoms with Gasteiger partial charge in [0.25, 0.3) is 0 Å². The fourth-order valence-electron chi connectivity index (χ4n) is 4.16. The van der Waals surface area contributed by atoms with Crippen LogP contribution in [0, 0.1) is 0 Å². The van der Waals surface area contributed by atoms with E-state index in [2.05, 4.69) is 22.4 Å². The molecule has 5 nitrogen and oxygen atoms in total. The van der Waals surface area contributed by atoms with Crippen molar-refractivity contribution in [1.29, 1.82) is 0 Å². The van der Waals surface area contributed by atoms with Gasteiger partial charge in [0.05, 0.1) is 7.11 Å². The van der Waals surface area contributed by atoms with Crippen LogP contribution < -0.4 is 4.74 Å². The topological polar surface area (TPSA) is 36.0 Å². The number of benzene rings is 1. The molecular formula is C21H28ClN3O2. The molecule has 3 fully saturated rings. The lowest BCUT2D eigenvalue weighted by Gasteiger charge is -2.47. The summed E-state index contributed by atoms with van der Waals surface area (Å²) >= 11 is 6.44. The average molecular weight is 390 g/mol. The Hall–Kier alpha value is -1.56. The van der Waals surface area contributed by atoms with Gasteiger partial charge in [-0.15, -0.1) is 0 Å². The number of hydrogen-bond acceptors (Lipinski definition) is 4. The maximum absolute atomic E-state index is 11.6. The number of likely N-dealkylation sites (tertiary alicyclic amines) is 1. The first-order chi connectivity index (χ1) is 13.1. The lowest BCUT2D eigenvalue weighted by molar-refractivity contribution is -0.133. The van der Waals surface area contributed by atoms with E-state index < -0.39 is 0 Å². The Morgan fingerprint density at radius 1 is 1.26 bits per heavy atom. The molecule has 0 radical (unpaired) electrons. The average Bonchev–Trinajstić information content (AvgIpc) is 3.47. The second-order valence-electron chi connectivity index (χ2n) is 7.87. The normalized spacial score (nSPS) is 21.8. The molecule has 2 saturated heterocycles. The quantitative estimate of drug-likeness (QED) is 0.701. The zero-order valence-corrected chi connectivity index (χ0v) is 16.7. The van der Waals surface area contributed by atoms with Crippen LogP contribution in [0.15, 0.2) is 24.8 Å². The molecule has 0 aromatic heterocycles. The third-order valence-corrected chi connectivity index (χ3v) is 6.41. The Bertz CT molecular complexity index is 720. The predicted octanol–water partition coefficient (Wildman–Crippen LogP) is 2.74. The molecule has 0 unspecified atom stereocenters. The molecule has 2 heterocycles. The molecule has 4 rings (SSSR count). The first-order valence-electron chi connectivity index (χ1n) is 9.83. The zero-order chi connectivity index (χ0) is 19.0. The molecular weight excluding hydrogens is 362 g/mol. The maximum Gasteiger partial charge on any atom is 0.246 e. The van der Waals surface area contributed by atoms with E-state index in [1.807, 2.05) is 11.0 Å². The number of carbonyl (C=O) groups is 1. The second kappa shape index (κ2) is 7.82. The van der Waals surface area contributed by atoms with Crippen LogP contribution in [0.5, 0.6) is 5.75 Å². The SMILES string of the molecule is C=CC(=O)N1CC(N2CCN(Cc3cc(C4CC4)c(Cl)cc3OC)CC2)C1. The van der Waals surface area contributed by atoms with Crippen molar-refractivity contribution in [2.45, 2.75) is 31.3 Å². The number of ether oxygens (including phenoxy) is 1. The van der Waals surface area contributed by atoms with E-state index in [9.17, 15) is 4.79 Å². The van der Waals surface area contributed by atoms with Crippen molar-refractivity contribution >= 4 is 17.5 Å². The van der Waals surface area contributed by atoms with Gasteiger partial charge in [-0.3, -0.25) is 14.6 Å². The molecule has 0 bridgehead atoms. The van der Waals surface area contributed by atoms with Crippen LogP contribution in [-0.2, 0) is 11.3 Å². The minimum absolute atomic E-state index is 0.0474. The monoisotopic (exact) mass is 389 g/mol. The molecule has 27 heavy (non-hydrogen) atoms. The van der Waals surface area contributed by atoms with Gasteiger partial charge in [0.2, 0.25) is 5.91 Å². The number of piperazine rings is 1. The molecule has 6 heteroatoms. The highest BCUT2D eigenvalue weighted by Crippen LogP contribution is 2.45.